The molecule has 0 spiro atoms. The number of aromatic nitrogens is 1. The Bertz CT molecular complexity index is 339. The second-order valence-electron chi connectivity index (χ2n) is 3.86. The van der Waals surface area contributed by atoms with Crippen LogP contribution in [0.4, 0.5) is 5.69 Å². The molecule has 1 aromatic rings. The number of hydrogen-bond donors (Lipinski definition) is 1. The van der Waals surface area contributed by atoms with Gasteiger partial charge in [-0.1, -0.05) is 0 Å². The van der Waals surface area contributed by atoms with Crippen molar-refractivity contribution >= 4 is 11.6 Å². The maximum absolute atomic E-state index is 11.7. The van der Waals surface area contributed by atoms with Crippen molar-refractivity contribution in [2.75, 3.05) is 19.8 Å². The van der Waals surface area contributed by atoms with E-state index in [2.05, 4.69) is 0 Å². The van der Waals surface area contributed by atoms with E-state index in [-0.39, 0.29) is 11.9 Å². The summed E-state index contributed by atoms with van der Waals surface area (Å²) in [6.07, 6.45) is 1.79. The van der Waals surface area contributed by atoms with E-state index in [1.807, 2.05) is 18.4 Å². The molecule has 2 N–H and O–H groups in total. The summed E-state index contributed by atoms with van der Waals surface area (Å²) in [7, 11) is 3.46. The number of nitrogens with two attached hydrogens (primary N) is 1. The molecule has 0 aliphatic rings. The highest BCUT2D eigenvalue weighted by Gasteiger charge is 2.15. The predicted molar refractivity (Wildman–Crippen MR) is 57.2 cm³/mol. The molecule has 1 rings (SSSR count). The Morgan fingerprint density at radius 2 is 2.07 bits per heavy atom. The average Bonchev–Trinajstić information content (AvgIpc) is 2.45. The molecule has 4 heteroatoms. The lowest BCUT2D eigenvalue weighted by molar-refractivity contribution is 0.0815. The molecule has 78 valence electrons. The van der Waals surface area contributed by atoms with E-state index in [9.17, 15) is 4.79 Å². The summed E-state index contributed by atoms with van der Waals surface area (Å²) >= 11 is 0. The van der Waals surface area contributed by atoms with E-state index in [0.29, 0.717) is 11.4 Å². The van der Waals surface area contributed by atoms with Gasteiger partial charge in [0.15, 0.2) is 0 Å². The van der Waals surface area contributed by atoms with E-state index in [4.69, 9.17) is 5.73 Å². The van der Waals surface area contributed by atoms with E-state index >= 15 is 0 Å². The summed E-state index contributed by atoms with van der Waals surface area (Å²) < 4.78 is 1.89. The summed E-state index contributed by atoms with van der Waals surface area (Å²) in [5.41, 5.74) is 6.93. The van der Waals surface area contributed by atoms with Crippen LogP contribution >= 0.6 is 0 Å². The molecule has 0 unspecified atom stereocenters. The quantitative estimate of drug-likeness (QED) is 0.774. The van der Waals surface area contributed by atoms with Crippen LogP contribution in [0.15, 0.2) is 12.3 Å². The van der Waals surface area contributed by atoms with E-state index in [1.165, 1.54) is 0 Å². The highest BCUT2D eigenvalue weighted by Crippen LogP contribution is 2.17. The zero-order valence-electron chi connectivity index (χ0n) is 9.11. The smallest absolute Gasteiger partial charge is 0.270 e. The lowest BCUT2D eigenvalue weighted by Crippen LogP contribution is -2.24. The Morgan fingerprint density at radius 1 is 1.50 bits per heavy atom. The van der Waals surface area contributed by atoms with Gasteiger partial charge in [-0.2, -0.15) is 0 Å². The van der Waals surface area contributed by atoms with Crippen molar-refractivity contribution in [3.8, 4) is 0 Å². The molecule has 1 heterocycles. The molecule has 0 fully saturated rings. The monoisotopic (exact) mass is 195 g/mol. The molecular formula is C10H17N3O. The number of rotatable bonds is 2. The molecule has 0 radical (unpaired) electrons. The summed E-state index contributed by atoms with van der Waals surface area (Å²) in [6, 6.07) is 1.95. The first-order chi connectivity index (χ1) is 6.43. The number of carbonyl (C=O) groups is 1. The fourth-order valence-corrected chi connectivity index (χ4v) is 1.33. The Kier molecular flexibility index (Phi) is 2.84. The van der Waals surface area contributed by atoms with Gasteiger partial charge in [-0.25, -0.2) is 0 Å². The largest absolute Gasteiger partial charge is 0.397 e. The second-order valence-corrected chi connectivity index (χ2v) is 3.86. The average molecular weight is 195 g/mol. The fourth-order valence-electron chi connectivity index (χ4n) is 1.33. The molecule has 1 aromatic heterocycles. The molecule has 14 heavy (non-hydrogen) atoms. The van der Waals surface area contributed by atoms with Gasteiger partial charge >= 0.3 is 0 Å². The molecule has 4 nitrogen and oxygen atoms in total. The van der Waals surface area contributed by atoms with Crippen LogP contribution in [0.25, 0.3) is 0 Å². The standard InChI is InChI=1S/C10H17N3O/c1-7(2)13-6-8(11)5-9(13)10(14)12(3)4/h5-7H,11H2,1-4H3. The third-order valence-electron chi connectivity index (χ3n) is 2.05. The van der Waals surface area contributed by atoms with Crippen molar-refractivity contribution in [3.63, 3.8) is 0 Å². The number of carbonyl (C=O) groups excluding carboxylic acids is 1. The first-order valence-electron chi connectivity index (χ1n) is 4.62. The minimum Gasteiger partial charge on any atom is -0.397 e. The van der Waals surface area contributed by atoms with E-state index < -0.39 is 0 Å². The molecular weight excluding hydrogens is 178 g/mol. The van der Waals surface area contributed by atoms with E-state index in [0.717, 1.165) is 0 Å². The van der Waals surface area contributed by atoms with Crippen molar-refractivity contribution < 1.29 is 4.79 Å². The highest BCUT2D eigenvalue weighted by molar-refractivity contribution is 5.93. The fraction of sp³-hybridized carbons (Fsp3) is 0.500. The van der Waals surface area contributed by atoms with Gasteiger partial charge in [-0.15, -0.1) is 0 Å². The van der Waals surface area contributed by atoms with Gasteiger partial charge in [-0.3, -0.25) is 4.79 Å². The molecule has 0 aliphatic carbocycles. The zero-order valence-corrected chi connectivity index (χ0v) is 9.11. The van der Waals surface area contributed by atoms with Crippen molar-refractivity contribution in [1.82, 2.24) is 9.47 Å². The first-order valence-corrected chi connectivity index (χ1v) is 4.62. The van der Waals surface area contributed by atoms with Crippen molar-refractivity contribution in [2.45, 2.75) is 19.9 Å². The van der Waals surface area contributed by atoms with Gasteiger partial charge in [-0.05, 0) is 19.9 Å². The summed E-state index contributed by atoms with van der Waals surface area (Å²) in [6.45, 7) is 4.04. The van der Waals surface area contributed by atoms with Crippen LogP contribution in [0.3, 0.4) is 0 Å². The van der Waals surface area contributed by atoms with Crippen LogP contribution in [0.1, 0.15) is 30.4 Å². The molecule has 0 aromatic carbocycles. The Balaban J connectivity index is 3.13. The van der Waals surface area contributed by atoms with Crippen LogP contribution < -0.4 is 5.73 Å². The maximum Gasteiger partial charge on any atom is 0.270 e. The van der Waals surface area contributed by atoms with Crippen molar-refractivity contribution in [1.29, 1.82) is 0 Å². The predicted octanol–water partition coefficient (Wildman–Crippen LogP) is 1.35. The SMILES string of the molecule is CC(C)n1cc(N)cc1C(=O)N(C)C. The van der Waals surface area contributed by atoms with Gasteiger partial charge in [0.25, 0.3) is 5.91 Å². The number of amides is 1. The summed E-state index contributed by atoms with van der Waals surface area (Å²) in [4.78, 5) is 13.3. The minimum absolute atomic E-state index is 0.0181. The second kappa shape index (κ2) is 3.74. The van der Waals surface area contributed by atoms with Gasteiger partial charge in [0.2, 0.25) is 0 Å². The van der Waals surface area contributed by atoms with Crippen molar-refractivity contribution in [3.05, 3.63) is 18.0 Å². The maximum atomic E-state index is 11.7. The van der Waals surface area contributed by atoms with Crippen LogP contribution in [0, 0.1) is 0 Å². The minimum atomic E-state index is -0.0181. The highest BCUT2D eigenvalue weighted by atomic mass is 16.2. The molecule has 0 atom stereocenters. The van der Waals surface area contributed by atoms with Crippen LogP contribution in [0.2, 0.25) is 0 Å². The summed E-state index contributed by atoms with van der Waals surface area (Å²) in [5.74, 6) is -0.0181. The third-order valence-corrected chi connectivity index (χ3v) is 2.05. The van der Waals surface area contributed by atoms with Crippen molar-refractivity contribution in [2.24, 2.45) is 0 Å². The number of nitrogens with zero attached hydrogens (tertiary/aromatic N) is 2. The van der Waals surface area contributed by atoms with Gasteiger partial charge in [0.05, 0.1) is 5.69 Å². The van der Waals surface area contributed by atoms with Gasteiger partial charge < -0.3 is 15.2 Å². The van der Waals surface area contributed by atoms with Crippen LogP contribution in [-0.4, -0.2) is 29.5 Å². The Labute approximate surface area is 84.3 Å². The lowest BCUT2D eigenvalue weighted by atomic mass is 10.3. The number of hydrogen-bond acceptors (Lipinski definition) is 2. The van der Waals surface area contributed by atoms with Crippen LogP contribution in [-0.2, 0) is 0 Å². The van der Waals surface area contributed by atoms with E-state index in [1.54, 1.807) is 31.3 Å². The molecule has 0 saturated carbocycles. The molecule has 0 bridgehead atoms. The molecule has 1 amide bonds. The summed E-state index contributed by atoms with van der Waals surface area (Å²) in [5, 5.41) is 0. The lowest BCUT2D eigenvalue weighted by Gasteiger charge is -2.15. The number of nitrogen functional groups attached to an aromatic ring is 1. The van der Waals surface area contributed by atoms with Gasteiger partial charge in [0, 0.05) is 26.3 Å². The normalized spacial score (nSPS) is 10.6. The molecule has 0 aliphatic heterocycles. The van der Waals surface area contributed by atoms with Crippen LogP contribution in [0.5, 0.6) is 0 Å². The first kappa shape index (κ1) is 10.6. The zero-order chi connectivity index (χ0) is 10.9. The molecule has 0 saturated heterocycles. The number of anilines is 1. The Morgan fingerprint density at radius 3 is 2.50 bits per heavy atom. The third kappa shape index (κ3) is 1.89. The topological polar surface area (TPSA) is 51.3 Å². The van der Waals surface area contributed by atoms with Gasteiger partial charge in [0.1, 0.15) is 5.69 Å². The Hall–Kier alpha value is -1.45.